The molecule has 2 rings (SSSR count). The van der Waals surface area contributed by atoms with Crippen LogP contribution in [0.3, 0.4) is 0 Å². The number of rotatable bonds is 5. The topological polar surface area (TPSA) is 101 Å². The molecular weight excluding hydrogens is 354 g/mol. The Labute approximate surface area is 134 Å². The van der Waals surface area contributed by atoms with Gasteiger partial charge in [0.15, 0.2) is 0 Å². The van der Waals surface area contributed by atoms with Gasteiger partial charge in [0.2, 0.25) is 11.9 Å². The summed E-state index contributed by atoms with van der Waals surface area (Å²) in [6, 6.07) is 7.24. The molecule has 9 heteroatoms. The number of hydrogen-bond acceptors (Lipinski definition) is 6. The van der Waals surface area contributed by atoms with Crippen LogP contribution in [0.2, 0.25) is 0 Å². The smallest absolute Gasteiger partial charge is 0.305 e. The number of hydrogen-bond donors (Lipinski definition) is 1. The molecule has 1 aromatic heterocycles. The van der Waals surface area contributed by atoms with Gasteiger partial charge < -0.3 is 10.2 Å². The Bertz CT molecular complexity index is 692. The second-order valence-corrected chi connectivity index (χ2v) is 5.24. The molecule has 0 aliphatic carbocycles. The Hall–Kier alpha value is -2.55. The Morgan fingerprint density at radius 1 is 1.36 bits per heavy atom. The second-order valence-electron chi connectivity index (χ2n) is 4.38. The van der Waals surface area contributed by atoms with Crippen LogP contribution in [0.15, 0.2) is 41.1 Å². The van der Waals surface area contributed by atoms with Crippen molar-refractivity contribution in [3.63, 3.8) is 0 Å². The average Bonchev–Trinajstić information content (AvgIpc) is 2.49. The van der Waals surface area contributed by atoms with Crippen molar-refractivity contribution in [2.24, 2.45) is 0 Å². The first kappa shape index (κ1) is 15.8. The first-order valence-electron chi connectivity index (χ1n) is 6.19. The van der Waals surface area contributed by atoms with E-state index in [0.29, 0.717) is 5.69 Å². The molecule has 2 aromatic rings. The van der Waals surface area contributed by atoms with Crippen molar-refractivity contribution in [1.82, 2.24) is 9.97 Å². The van der Waals surface area contributed by atoms with Crippen molar-refractivity contribution >= 4 is 39.2 Å². The number of likely N-dealkylation sites (N-methyl/N-ethyl adjacent to an activating group) is 1. The highest BCUT2D eigenvalue weighted by molar-refractivity contribution is 9.10. The fourth-order valence-corrected chi connectivity index (χ4v) is 2.03. The van der Waals surface area contributed by atoms with E-state index in [2.05, 4.69) is 31.2 Å². The summed E-state index contributed by atoms with van der Waals surface area (Å²) < 4.78 is 0.776. The molecule has 1 aromatic carbocycles. The molecule has 0 fully saturated rings. The van der Waals surface area contributed by atoms with Gasteiger partial charge >= 0.3 is 5.69 Å². The van der Waals surface area contributed by atoms with Crippen molar-refractivity contribution in [3.8, 4) is 0 Å². The third kappa shape index (κ3) is 3.98. The Morgan fingerprint density at radius 3 is 2.59 bits per heavy atom. The number of para-hydroxylation sites is 1. The number of halogens is 1. The summed E-state index contributed by atoms with van der Waals surface area (Å²) in [5.74, 6) is -0.0239. The van der Waals surface area contributed by atoms with Crippen LogP contribution in [-0.4, -0.2) is 34.4 Å². The van der Waals surface area contributed by atoms with E-state index in [4.69, 9.17) is 0 Å². The van der Waals surface area contributed by atoms with Gasteiger partial charge in [0, 0.05) is 11.5 Å². The number of benzene rings is 1. The van der Waals surface area contributed by atoms with Crippen LogP contribution in [0.1, 0.15) is 0 Å². The summed E-state index contributed by atoms with van der Waals surface area (Å²) in [6.45, 7) is 0.0130. The number of nitrogens with zero attached hydrogens (tertiary/aromatic N) is 4. The summed E-state index contributed by atoms with van der Waals surface area (Å²) >= 11 is 3.34. The van der Waals surface area contributed by atoms with Gasteiger partial charge in [0.1, 0.15) is 12.4 Å². The minimum atomic E-state index is -0.580. The fourth-order valence-electron chi connectivity index (χ4n) is 1.64. The van der Waals surface area contributed by atoms with Crippen LogP contribution >= 0.6 is 15.9 Å². The van der Waals surface area contributed by atoms with Crippen LogP contribution in [0, 0.1) is 10.1 Å². The van der Waals surface area contributed by atoms with Gasteiger partial charge in [-0.3, -0.25) is 14.9 Å². The van der Waals surface area contributed by atoms with Gasteiger partial charge in [-0.1, -0.05) is 12.1 Å². The molecule has 114 valence electrons. The number of amides is 1. The van der Waals surface area contributed by atoms with Crippen molar-refractivity contribution in [1.29, 1.82) is 0 Å². The predicted octanol–water partition coefficient (Wildman–Crippen LogP) is 2.22. The summed E-state index contributed by atoms with van der Waals surface area (Å²) in [5, 5.41) is 13.3. The van der Waals surface area contributed by atoms with E-state index in [1.54, 1.807) is 13.1 Å². The van der Waals surface area contributed by atoms with Gasteiger partial charge in [-0.15, -0.1) is 0 Å². The normalized spacial score (nSPS) is 10.1. The highest BCUT2D eigenvalue weighted by Gasteiger charge is 2.13. The highest BCUT2D eigenvalue weighted by Crippen LogP contribution is 2.21. The van der Waals surface area contributed by atoms with Gasteiger partial charge in [-0.05, 0) is 28.1 Å². The van der Waals surface area contributed by atoms with E-state index >= 15 is 0 Å². The monoisotopic (exact) mass is 365 g/mol. The first-order chi connectivity index (χ1) is 10.5. The van der Waals surface area contributed by atoms with Crippen LogP contribution in [-0.2, 0) is 4.79 Å². The van der Waals surface area contributed by atoms with E-state index in [0.717, 1.165) is 16.9 Å². The van der Waals surface area contributed by atoms with E-state index in [9.17, 15) is 14.9 Å². The van der Waals surface area contributed by atoms with Crippen molar-refractivity contribution < 1.29 is 9.72 Å². The van der Waals surface area contributed by atoms with E-state index < -0.39 is 4.92 Å². The number of nitro groups is 1. The third-order valence-corrected chi connectivity index (χ3v) is 3.40. The van der Waals surface area contributed by atoms with Crippen LogP contribution < -0.4 is 10.2 Å². The SMILES string of the molecule is CN(CC(=O)Nc1ccccc1Br)c1ncc([N+](=O)[O-])cn1. The zero-order valence-electron chi connectivity index (χ0n) is 11.6. The zero-order valence-corrected chi connectivity index (χ0v) is 13.1. The highest BCUT2D eigenvalue weighted by atomic mass is 79.9. The number of nitrogens with one attached hydrogen (secondary N) is 1. The van der Waals surface area contributed by atoms with Gasteiger partial charge in [-0.2, -0.15) is 0 Å². The molecule has 1 heterocycles. The van der Waals surface area contributed by atoms with E-state index in [1.807, 2.05) is 18.2 Å². The van der Waals surface area contributed by atoms with E-state index in [-0.39, 0.29) is 24.1 Å². The van der Waals surface area contributed by atoms with E-state index in [1.165, 1.54) is 4.90 Å². The summed E-state index contributed by atoms with van der Waals surface area (Å²) in [5.41, 5.74) is 0.459. The fraction of sp³-hybridized carbons (Fsp3) is 0.154. The van der Waals surface area contributed by atoms with Crippen LogP contribution in [0.5, 0.6) is 0 Å². The summed E-state index contributed by atoms with van der Waals surface area (Å²) in [6.07, 6.45) is 2.20. The lowest BCUT2D eigenvalue weighted by Gasteiger charge is -2.16. The number of carbonyl (C=O) groups excluding carboxylic acids is 1. The number of anilines is 2. The first-order valence-corrected chi connectivity index (χ1v) is 6.98. The quantitative estimate of drug-likeness (QED) is 0.643. The molecule has 0 aliphatic rings. The molecule has 0 radical (unpaired) electrons. The average molecular weight is 366 g/mol. The lowest BCUT2D eigenvalue weighted by molar-refractivity contribution is -0.385. The van der Waals surface area contributed by atoms with Gasteiger partial charge in [0.05, 0.1) is 17.2 Å². The molecule has 22 heavy (non-hydrogen) atoms. The maximum atomic E-state index is 12.0. The molecule has 8 nitrogen and oxygen atoms in total. The third-order valence-electron chi connectivity index (χ3n) is 2.71. The molecule has 0 saturated carbocycles. The Kier molecular flexibility index (Phi) is 4.99. The minimum Gasteiger partial charge on any atom is -0.335 e. The number of aromatic nitrogens is 2. The second kappa shape index (κ2) is 6.94. The van der Waals surface area contributed by atoms with Crippen LogP contribution in [0.25, 0.3) is 0 Å². The van der Waals surface area contributed by atoms with Crippen molar-refractivity contribution in [3.05, 3.63) is 51.2 Å². The van der Waals surface area contributed by atoms with Crippen molar-refractivity contribution in [2.75, 3.05) is 23.8 Å². The summed E-state index contributed by atoms with van der Waals surface area (Å²) in [7, 11) is 1.63. The molecule has 1 N–H and O–H groups in total. The number of carbonyl (C=O) groups is 1. The van der Waals surface area contributed by atoms with Crippen LogP contribution in [0.4, 0.5) is 17.3 Å². The Morgan fingerprint density at radius 2 is 2.00 bits per heavy atom. The van der Waals surface area contributed by atoms with Gasteiger partial charge in [0.25, 0.3) is 0 Å². The molecule has 0 unspecified atom stereocenters. The summed E-state index contributed by atoms with van der Waals surface area (Å²) in [4.78, 5) is 31.2. The maximum Gasteiger partial charge on any atom is 0.305 e. The molecule has 0 aliphatic heterocycles. The minimum absolute atomic E-state index is 0.0130. The maximum absolute atomic E-state index is 12.0. The van der Waals surface area contributed by atoms with Gasteiger partial charge in [-0.25, -0.2) is 9.97 Å². The zero-order chi connectivity index (χ0) is 16.1. The largest absolute Gasteiger partial charge is 0.335 e. The molecule has 1 amide bonds. The predicted molar refractivity (Wildman–Crippen MR) is 84.7 cm³/mol. The lowest BCUT2D eigenvalue weighted by atomic mass is 10.3. The lowest BCUT2D eigenvalue weighted by Crippen LogP contribution is -2.31. The molecule has 0 atom stereocenters. The molecule has 0 spiro atoms. The molecule has 0 bridgehead atoms. The molecule has 0 saturated heterocycles. The Balaban J connectivity index is 1.99. The van der Waals surface area contributed by atoms with Crippen molar-refractivity contribution in [2.45, 2.75) is 0 Å². The standard InChI is InChI=1S/C13H12BrN5O3/c1-18(13-15-6-9(7-16-13)19(21)22)8-12(20)17-11-5-3-2-4-10(11)14/h2-7H,8H2,1H3,(H,17,20). The molecular formula is C13H12BrN5O3.